The largest absolute Gasteiger partial charge is 0.483 e. The second kappa shape index (κ2) is 7.93. The Bertz CT molecular complexity index is 488. The number of amides is 3. The van der Waals surface area contributed by atoms with E-state index in [9.17, 15) is 14.4 Å². The summed E-state index contributed by atoms with van der Waals surface area (Å²) in [7, 11) is 0. The average molecular weight is 278 g/mol. The fourth-order valence-electron chi connectivity index (χ4n) is 1.38. The van der Waals surface area contributed by atoms with Crippen LogP contribution in [0.15, 0.2) is 24.3 Å². The van der Waals surface area contributed by atoms with Gasteiger partial charge in [0, 0.05) is 6.04 Å². The number of para-hydroxylation sites is 1. The number of imide groups is 1. The minimum atomic E-state index is -0.577. The van der Waals surface area contributed by atoms with E-state index in [4.69, 9.17) is 4.74 Å². The lowest BCUT2D eigenvalue weighted by Gasteiger charge is -2.12. The molecule has 0 radical (unpaired) electrons. The van der Waals surface area contributed by atoms with Crippen molar-refractivity contribution in [3.05, 3.63) is 29.8 Å². The molecule has 0 fully saturated rings. The van der Waals surface area contributed by atoms with Gasteiger partial charge in [-0.05, 0) is 25.5 Å². The molecule has 0 saturated heterocycles. The zero-order chi connectivity index (χ0) is 15.0. The minimum Gasteiger partial charge on any atom is -0.483 e. The van der Waals surface area contributed by atoms with Gasteiger partial charge in [-0.25, -0.2) is 4.79 Å². The van der Waals surface area contributed by atoms with Gasteiger partial charge in [-0.1, -0.05) is 19.1 Å². The van der Waals surface area contributed by atoms with Gasteiger partial charge in [0.2, 0.25) is 0 Å². The number of carbonyl (C=O) groups is 3. The van der Waals surface area contributed by atoms with Crippen molar-refractivity contribution in [2.24, 2.45) is 0 Å². The summed E-state index contributed by atoms with van der Waals surface area (Å²) < 4.78 is 5.20. The van der Waals surface area contributed by atoms with Crippen LogP contribution in [0.3, 0.4) is 0 Å². The fraction of sp³-hybridized carbons (Fsp3) is 0.357. The van der Waals surface area contributed by atoms with Crippen LogP contribution < -0.4 is 15.4 Å². The SMILES string of the molecule is CC[C@H](C)NC(=O)NC(=O)COc1ccccc1C=O. The molecule has 0 aliphatic carbocycles. The van der Waals surface area contributed by atoms with E-state index in [-0.39, 0.29) is 12.6 Å². The van der Waals surface area contributed by atoms with Gasteiger partial charge in [-0.3, -0.25) is 14.9 Å². The van der Waals surface area contributed by atoms with Gasteiger partial charge in [0.15, 0.2) is 12.9 Å². The standard InChI is InChI=1S/C14H18N2O4/c1-3-10(2)15-14(19)16-13(18)9-20-12-7-5-4-6-11(12)8-17/h4-8,10H,3,9H2,1-2H3,(H2,15,16,18,19)/t10-/m0/s1. The monoisotopic (exact) mass is 278 g/mol. The summed E-state index contributed by atoms with van der Waals surface area (Å²) >= 11 is 0. The second-order valence-electron chi connectivity index (χ2n) is 4.28. The van der Waals surface area contributed by atoms with Crippen LogP contribution in [0.1, 0.15) is 30.6 Å². The van der Waals surface area contributed by atoms with Crippen molar-refractivity contribution in [3.8, 4) is 5.75 Å². The summed E-state index contributed by atoms with van der Waals surface area (Å²) in [5.41, 5.74) is 0.351. The average Bonchev–Trinajstić information content (AvgIpc) is 2.45. The highest BCUT2D eigenvalue weighted by Gasteiger charge is 2.11. The molecule has 0 aliphatic rings. The fourth-order valence-corrected chi connectivity index (χ4v) is 1.38. The number of carbonyl (C=O) groups excluding carboxylic acids is 3. The van der Waals surface area contributed by atoms with Gasteiger partial charge >= 0.3 is 6.03 Å². The first-order valence-corrected chi connectivity index (χ1v) is 6.34. The van der Waals surface area contributed by atoms with Gasteiger partial charge < -0.3 is 10.1 Å². The Balaban J connectivity index is 2.43. The molecule has 0 saturated carbocycles. The molecule has 1 aromatic carbocycles. The number of rotatable bonds is 6. The lowest BCUT2D eigenvalue weighted by atomic mass is 10.2. The Morgan fingerprint density at radius 3 is 2.70 bits per heavy atom. The molecule has 6 nitrogen and oxygen atoms in total. The topological polar surface area (TPSA) is 84.5 Å². The Morgan fingerprint density at radius 2 is 2.05 bits per heavy atom. The maximum Gasteiger partial charge on any atom is 0.321 e. The molecule has 2 N–H and O–H groups in total. The molecule has 0 aromatic heterocycles. The quantitative estimate of drug-likeness (QED) is 0.772. The van der Waals surface area contributed by atoms with E-state index in [1.807, 2.05) is 13.8 Å². The third-order valence-corrected chi connectivity index (χ3v) is 2.65. The molecular formula is C14H18N2O4. The minimum absolute atomic E-state index is 0.0143. The first-order chi connectivity index (χ1) is 9.56. The van der Waals surface area contributed by atoms with E-state index in [1.165, 1.54) is 0 Å². The van der Waals surface area contributed by atoms with E-state index in [0.29, 0.717) is 17.6 Å². The Hall–Kier alpha value is -2.37. The highest BCUT2D eigenvalue weighted by molar-refractivity contribution is 5.95. The summed E-state index contributed by atoms with van der Waals surface area (Å²) in [5.74, 6) is -0.272. The summed E-state index contributed by atoms with van der Waals surface area (Å²) in [6.07, 6.45) is 1.41. The lowest BCUT2D eigenvalue weighted by molar-refractivity contribution is -0.122. The van der Waals surface area contributed by atoms with Crippen molar-refractivity contribution >= 4 is 18.2 Å². The van der Waals surface area contributed by atoms with Crippen LogP contribution in [0, 0.1) is 0 Å². The summed E-state index contributed by atoms with van der Waals surface area (Å²) in [5, 5.41) is 4.75. The molecule has 108 valence electrons. The van der Waals surface area contributed by atoms with Crippen molar-refractivity contribution in [2.45, 2.75) is 26.3 Å². The summed E-state index contributed by atoms with van der Waals surface area (Å²) in [6, 6.07) is 5.97. The second-order valence-corrected chi connectivity index (χ2v) is 4.28. The van der Waals surface area contributed by atoms with E-state index >= 15 is 0 Å². The van der Waals surface area contributed by atoms with E-state index in [1.54, 1.807) is 24.3 Å². The molecule has 0 spiro atoms. The number of urea groups is 1. The van der Waals surface area contributed by atoms with Gasteiger partial charge in [0.1, 0.15) is 5.75 Å². The van der Waals surface area contributed by atoms with Crippen molar-refractivity contribution < 1.29 is 19.1 Å². The molecule has 1 rings (SSSR count). The number of benzene rings is 1. The van der Waals surface area contributed by atoms with Crippen LogP contribution in [-0.2, 0) is 4.79 Å². The van der Waals surface area contributed by atoms with Gasteiger partial charge in [0.05, 0.1) is 5.56 Å². The number of ether oxygens (including phenoxy) is 1. The van der Waals surface area contributed by atoms with Crippen molar-refractivity contribution in [3.63, 3.8) is 0 Å². The number of hydrogen-bond donors (Lipinski definition) is 2. The van der Waals surface area contributed by atoms with Crippen molar-refractivity contribution in [1.82, 2.24) is 10.6 Å². The number of hydrogen-bond acceptors (Lipinski definition) is 4. The lowest BCUT2D eigenvalue weighted by Crippen LogP contribution is -2.44. The van der Waals surface area contributed by atoms with Crippen molar-refractivity contribution in [1.29, 1.82) is 0 Å². The zero-order valence-corrected chi connectivity index (χ0v) is 11.5. The summed E-state index contributed by atoms with van der Waals surface area (Å²) in [6.45, 7) is 3.42. The van der Waals surface area contributed by atoms with Crippen LogP contribution in [0.4, 0.5) is 4.79 Å². The molecular weight excluding hydrogens is 260 g/mol. The first-order valence-electron chi connectivity index (χ1n) is 6.34. The predicted octanol–water partition coefficient (Wildman–Crippen LogP) is 1.50. The van der Waals surface area contributed by atoms with Crippen LogP contribution in [0.5, 0.6) is 5.75 Å². The highest BCUT2D eigenvalue weighted by Crippen LogP contribution is 2.15. The zero-order valence-electron chi connectivity index (χ0n) is 11.5. The molecule has 1 aromatic rings. The van der Waals surface area contributed by atoms with Gasteiger partial charge in [-0.2, -0.15) is 0 Å². The molecule has 1 atom stereocenters. The predicted molar refractivity (Wildman–Crippen MR) is 73.8 cm³/mol. The molecule has 0 unspecified atom stereocenters. The van der Waals surface area contributed by atoms with Gasteiger partial charge in [0.25, 0.3) is 5.91 Å². The molecule has 0 aliphatic heterocycles. The molecule has 20 heavy (non-hydrogen) atoms. The Kier molecular flexibility index (Phi) is 6.22. The van der Waals surface area contributed by atoms with E-state index < -0.39 is 11.9 Å². The molecule has 3 amide bonds. The maximum atomic E-state index is 11.5. The van der Waals surface area contributed by atoms with Gasteiger partial charge in [-0.15, -0.1) is 0 Å². The summed E-state index contributed by atoms with van der Waals surface area (Å²) in [4.78, 5) is 33.7. The highest BCUT2D eigenvalue weighted by atomic mass is 16.5. The third kappa shape index (κ3) is 5.09. The molecule has 0 heterocycles. The van der Waals surface area contributed by atoms with E-state index in [2.05, 4.69) is 10.6 Å². The Morgan fingerprint density at radius 1 is 1.35 bits per heavy atom. The van der Waals surface area contributed by atoms with Crippen LogP contribution in [0.25, 0.3) is 0 Å². The number of nitrogens with one attached hydrogen (secondary N) is 2. The number of aldehydes is 1. The maximum absolute atomic E-state index is 11.5. The Labute approximate surface area is 117 Å². The van der Waals surface area contributed by atoms with E-state index in [0.717, 1.165) is 6.42 Å². The first kappa shape index (κ1) is 15.7. The van der Waals surface area contributed by atoms with Crippen LogP contribution in [0.2, 0.25) is 0 Å². The normalized spacial score (nSPS) is 11.3. The van der Waals surface area contributed by atoms with Crippen LogP contribution >= 0.6 is 0 Å². The van der Waals surface area contributed by atoms with Crippen molar-refractivity contribution in [2.75, 3.05) is 6.61 Å². The molecule has 0 bridgehead atoms. The van der Waals surface area contributed by atoms with Crippen LogP contribution in [-0.4, -0.2) is 30.9 Å². The third-order valence-electron chi connectivity index (χ3n) is 2.65. The smallest absolute Gasteiger partial charge is 0.321 e. The molecule has 6 heteroatoms.